The second kappa shape index (κ2) is 8.60. The Balaban J connectivity index is 1.52. The molecule has 2 aliphatic rings. The minimum atomic E-state index is -0.369. The van der Waals surface area contributed by atoms with Crippen molar-refractivity contribution in [3.63, 3.8) is 0 Å². The predicted octanol–water partition coefficient (Wildman–Crippen LogP) is 2.57. The minimum absolute atomic E-state index is 0.0807. The van der Waals surface area contributed by atoms with Gasteiger partial charge in [-0.15, -0.1) is 10.2 Å². The molecular formula is C22H23N5O3S. The van der Waals surface area contributed by atoms with Crippen molar-refractivity contribution >= 4 is 17.7 Å². The SMILES string of the molecule is COc1ccc([C@H]2Nn3c(nnc3-c3ccccc3)S[C@@H]2C(=O)N2CCOCC2)cc1. The van der Waals surface area contributed by atoms with Gasteiger partial charge >= 0.3 is 0 Å². The normalized spacial score (nSPS) is 20.6. The van der Waals surface area contributed by atoms with Gasteiger partial charge in [0.1, 0.15) is 11.0 Å². The van der Waals surface area contributed by atoms with Crippen LogP contribution in [-0.2, 0) is 9.53 Å². The molecule has 1 amide bonds. The van der Waals surface area contributed by atoms with E-state index in [1.165, 1.54) is 11.8 Å². The first-order valence-corrected chi connectivity index (χ1v) is 11.1. The van der Waals surface area contributed by atoms with Crippen LogP contribution in [-0.4, -0.2) is 64.3 Å². The number of aromatic nitrogens is 3. The molecule has 2 atom stereocenters. The van der Waals surface area contributed by atoms with Crippen LogP contribution in [0.4, 0.5) is 0 Å². The third-order valence-corrected chi connectivity index (χ3v) is 6.71. The number of hydrogen-bond donors (Lipinski definition) is 1. The first kappa shape index (κ1) is 19.9. The van der Waals surface area contributed by atoms with Gasteiger partial charge in [0.05, 0.1) is 26.4 Å². The van der Waals surface area contributed by atoms with Crippen molar-refractivity contribution in [3.8, 4) is 17.1 Å². The van der Waals surface area contributed by atoms with Gasteiger partial charge in [-0.05, 0) is 17.7 Å². The number of benzene rings is 2. The Labute approximate surface area is 184 Å². The number of nitrogens with one attached hydrogen (secondary N) is 1. The summed E-state index contributed by atoms with van der Waals surface area (Å²) >= 11 is 1.45. The lowest BCUT2D eigenvalue weighted by molar-refractivity contribution is -0.135. The molecule has 160 valence electrons. The van der Waals surface area contributed by atoms with Gasteiger partial charge in [-0.1, -0.05) is 54.2 Å². The molecule has 0 bridgehead atoms. The summed E-state index contributed by atoms with van der Waals surface area (Å²) in [5.74, 6) is 1.58. The fourth-order valence-electron chi connectivity index (χ4n) is 3.84. The molecule has 3 aromatic rings. The molecular weight excluding hydrogens is 414 g/mol. The summed E-state index contributed by atoms with van der Waals surface area (Å²) in [6.45, 7) is 2.34. The summed E-state index contributed by atoms with van der Waals surface area (Å²) in [6.07, 6.45) is 0. The summed E-state index contributed by atoms with van der Waals surface area (Å²) in [5, 5.41) is 9.07. The number of amides is 1. The van der Waals surface area contributed by atoms with Crippen molar-refractivity contribution in [1.29, 1.82) is 0 Å². The molecule has 31 heavy (non-hydrogen) atoms. The van der Waals surface area contributed by atoms with Crippen LogP contribution in [0.3, 0.4) is 0 Å². The molecule has 0 spiro atoms. The molecule has 2 aromatic carbocycles. The number of hydrogen-bond acceptors (Lipinski definition) is 7. The van der Waals surface area contributed by atoms with Crippen LogP contribution in [0.25, 0.3) is 11.4 Å². The Bertz CT molecular complexity index is 1050. The molecule has 8 nitrogen and oxygen atoms in total. The van der Waals surface area contributed by atoms with Gasteiger partial charge in [-0.25, -0.2) is 4.68 Å². The van der Waals surface area contributed by atoms with Crippen LogP contribution in [0.1, 0.15) is 11.6 Å². The van der Waals surface area contributed by atoms with E-state index in [0.717, 1.165) is 22.7 Å². The standard InChI is InChI=1S/C22H23N5O3S/c1-29-17-9-7-15(8-10-17)18-19(21(28)26-11-13-30-14-12-26)31-22-24-23-20(27(22)25-18)16-5-3-2-4-6-16/h2-10,18-19,25H,11-14H2,1H3/t18-,19+/m1/s1. The van der Waals surface area contributed by atoms with E-state index in [1.54, 1.807) is 7.11 Å². The average Bonchev–Trinajstić information content (AvgIpc) is 3.27. The highest BCUT2D eigenvalue weighted by Gasteiger charge is 2.40. The average molecular weight is 438 g/mol. The monoisotopic (exact) mass is 437 g/mol. The van der Waals surface area contributed by atoms with Crippen LogP contribution < -0.4 is 10.2 Å². The molecule has 3 heterocycles. The highest BCUT2D eigenvalue weighted by molar-refractivity contribution is 8.00. The molecule has 9 heteroatoms. The molecule has 0 radical (unpaired) electrons. The van der Waals surface area contributed by atoms with Gasteiger partial charge in [-0.2, -0.15) is 0 Å². The van der Waals surface area contributed by atoms with Crippen LogP contribution in [0.5, 0.6) is 5.75 Å². The van der Waals surface area contributed by atoms with E-state index < -0.39 is 0 Å². The smallest absolute Gasteiger partial charge is 0.238 e. The summed E-state index contributed by atoms with van der Waals surface area (Å²) in [7, 11) is 1.64. The molecule has 0 saturated carbocycles. The number of methoxy groups -OCH3 is 1. The molecule has 5 rings (SSSR count). The number of thioether (sulfide) groups is 1. The van der Waals surface area contributed by atoms with E-state index in [2.05, 4.69) is 15.6 Å². The summed E-state index contributed by atoms with van der Waals surface area (Å²) in [4.78, 5) is 15.4. The fraction of sp³-hybridized carbons (Fsp3) is 0.318. The number of carbonyl (C=O) groups excluding carboxylic acids is 1. The lowest BCUT2D eigenvalue weighted by Gasteiger charge is -2.37. The fourth-order valence-corrected chi connectivity index (χ4v) is 5.01. The van der Waals surface area contributed by atoms with E-state index in [4.69, 9.17) is 9.47 Å². The third-order valence-electron chi connectivity index (χ3n) is 5.51. The molecule has 1 fully saturated rings. The van der Waals surface area contributed by atoms with Crippen molar-refractivity contribution in [2.75, 3.05) is 38.8 Å². The number of rotatable bonds is 4. The van der Waals surface area contributed by atoms with Gasteiger partial charge in [0.2, 0.25) is 11.1 Å². The molecule has 1 N–H and O–H groups in total. The van der Waals surface area contributed by atoms with Crippen LogP contribution in [0, 0.1) is 0 Å². The lowest BCUT2D eigenvalue weighted by Crippen LogP contribution is -2.49. The second-order valence-corrected chi connectivity index (χ2v) is 8.47. The van der Waals surface area contributed by atoms with E-state index in [1.807, 2.05) is 64.2 Å². The molecule has 2 aliphatic heterocycles. The third kappa shape index (κ3) is 3.86. The van der Waals surface area contributed by atoms with Crippen molar-refractivity contribution in [1.82, 2.24) is 19.8 Å². The lowest BCUT2D eigenvalue weighted by atomic mass is 10.0. The number of morpholine rings is 1. The van der Waals surface area contributed by atoms with Gasteiger partial charge in [0, 0.05) is 18.7 Å². The van der Waals surface area contributed by atoms with Crippen LogP contribution in [0.2, 0.25) is 0 Å². The maximum absolute atomic E-state index is 13.5. The highest BCUT2D eigenvalue weighted by Crippen LogP contribution is 2.39. The minimum Gasteiger partial charge on any atom is -0.497 e. The Morgan fingerprint density at radius 3 is 2.55 bits per heavy atom. The predicted molar refractivity (Wildman–Crippen MR) is 118 cm³/mol. The number of nitrogens with zero attached hydrogens (tertiary/aromatic N) is 4. The van der Waals surface area contributed by atoms with Gasteiger partial charge in [-0.3, -0.25) is 4.79 Å². The molecule has 0 unspecified atom stereocenters. The Hall–Kier alpha value is -3.04. The second-order valence-electron chi connectivity index (χ2n) is 7.36. The number of ether oxygens (including phenoxy) is 2. The van der Waals surface area contributed by atoms with E-state index in [9.17, 15) is 4.79 Å². The first-order chi connectivity index (χ1) is 15.2. The number of carbonyl (C=O) groups is 1. The zero-order chi connectivity index (χ0) is 21.2. The van der Waals surface area contributed by atoms with Gasteiger partial charge < -0.3 is 19.8 Å². The van der Waals surface area contributed by atoms with Crippen molar-refractivity contribution in [3.05, 3.63) is 60.2 Å². The summed E-state index contributed by atoms with van der Waals surface area (Å²) < 4.78 is 12.6. The summed E-state index contributed by atoms with van der Waals surface area (Å²) in [6, 6.07) is 17.5. The first-order valence-electron chi connectivity index (χ1n) is 10.2. The maximum Gasteiger partial charge on any atom is 0.238 e. The Morgan fingerprint density at radius 1 is 1.10 bits per heavy atom. The van der Waals surface area contributed by atoms with E-state index >= 15 is 0 Å². The van der Waals surface area contributed by atoms with Crippen LogP contribution >= 0.6 is 11.8 Å². The van der Waals surface area contributed by atoms with Gasteiger partial charge in [0.25, 0.3) is 0 Å². The van der Waals surface area contributed by atoms with Gasteiger partial charge in [0.15, 0.2) is 5.82 Å². The Morgan fingerprint density at radius 2 is 1.84 bits per heavy atom. The van der Waals surface area contributed by atoms with Crippen LogP contribution in [0.15, 0.2) is 59.8 Å². The largest absolute Gasteiger partial charge is 0.497 e. The molecule has 1 aromatic heterocycles. The molecule has 1 saturated heterocycles. The summed E-state index contributed by atoms with van der Waals surface area (Å²) in [5.41, 5.74) is 5.48. The maximum atomic E-state index is 13.5. The number of fused-ring (bicyclic) bond motifs is 1. The topological polar surface area (TPSA) is 81.5 Å². The van der Waals surface area contributed by atoms with Crippen molar-refractivity contribution in [2.45, 2.75) is 16.4 Å². The van der Waals surface area contributed by atoms with E-state index in [0.29, 0.717) is 31.5 Å². The Kier molecular flexibility index (Phi) is 5.52. The zero-order valence-corrected chi connectivity index (χ0v) is 17.9. The van der Waals surface area contributed by atoms with Crippen molar-refractivity contribution in [2.24, 2.45) is 0 Å². The van der Waals surface area contributed by atoms with E-state index in [-0.39, 0.29) is 17.2 Å². The molecule has 0 aliphatic carbocycles. The van der Waals surface area contributed by atoms with Crippen molar-refractivity contribution < 1.29 is 14.3 Å². The highest BCUT2D eigenvalue weighted by atomic mass is 32.2. The zero-order valence-electron chi connectivity index (χ0n) is 17.1. The quantitative estimate of drug-likeness (QED) is 0.672.